The Balaban J connectivity index is 1.47. The minimum Gasteiger partial charge on any atom is -0.335 e. The Labute approximate surface area is 158 Å². The molecular weight excluding hydrogens is 342 g/mol. The Hall–Kier alpha value is -2.90. The number of carbonyl (C=O) groups is 1. The van der Waals surface area contributed by atoms with Gasteiger partial charge in [-0.3, -0.25) is 0 Å². The van der Waals surface area contributed by atoms with Crippen LogP contribution < -0.4 is 5.32 Å². The minimum atomic E-state index is -0.0594. The SMILES string of the molecule is Cc1nc2c(NC(=O)N3CCCCC3CCn3ccnc3C)cccn2n1. The molecule has 1 fully saturated rings. The summed E-state index contributed by atoms with van der Waals surface area (Å²) >= 11 is 0. The third kappa shape index (κ3) is 3.65. The van der Waals surface area contributed by atoms with E-state index in [4.69, 9.17) is 0 Å². The summed E-state index contributed by atoms with van der Waals surface area (Å²) in [5.41, 5.74) is 1.36. The fourth-order valence-corrected chi connectivity index (χ4v) is 3.79. The van der Waals surface area contributed by atoms with Gasteiger partial charge in [0.1, 0.15) is 11.6 Å². The van der Waals surface area contributed by atoms with Crippen LogP contribution in [0.4, 0.5) is 10.5 Å². The van der Waals surface area contributed by atoms with E-state index in [0.717, 1.165) is 44.6 Å². The summed E-state index contributed by atoms with van der Waals surface area (Å²) in [6.45, 7) is 5.51. The number of nitrogens with zero attached hydrogens (tertiary/aromatic N) is 6. The van der Waals surface area contributed by atoms with Gasteiger partial charge in [-0.05, 0) is 51.7 Å². The fraction of sp³-hybridized carbons (Fsp3) is 0.474. The predicted octanol–water partition coefficient (Wildman–Crippen LogP) is 3.02. The number of pyridine rings is 1. The van der Waals surface area contributed by atoms with Gasteiger partial charge in [-0.2, -0.15) is 5.10 Å². The van der Waals surface area contributed by atoms with E-state index >= 15 is 0 Å². The van der Waals surface area contributed by atoms with Crippen molar-refractivity contribution in [2.45, 2.75) is 52.1 Å². The van der Waals surface area contributed by atoms with Crippen LogP contribution in [-0.4, -0.2) is 47.7 Å². The smallest absolute Gasteiger partial charge is 0.322 e. The van der Waals surface area contributed by atoms with Gasteiger partial charge in [0.25, 0.3) is 0 Å². The Morgan fingerprint density at radius 1 is 1.30 bits per heavy atom. The van der Waals surface area contributed by atoms with E-state index in [2.05, 4.69) is 25.0 Å². The summed E-state index contributed by atoms with van der Waals surface area (Å²) in [7, 11) is 0. The van der Waals surface area contributed by atoms with E-state index in [0.29, 0.717) is 17.2 Å². The molecule has 3 aromatic rings. The van der Waals surface area contributed by atoms with E-state index in [1.165, 1.54) is 0 Å². The number of fused-ring (bicyclic) bond motifs is 1. The first kappa shape index (κ1) is 17.5. The van der Waals surface area contributed by atoms with Crippen molar-refractivity contribution in [2.75, 3.05) is 11.9 Å². The summed E-state index contributed by atoms with van der Waals surface area (Å²) in [5.74, 6) is 1.69. The number of anilines is 1. The number of piperidine rings is 1. The second-order valence-electron chi connectivity index (χ2n) is 7.08. The van der Waals surface area contributed by atoms with Gasteiger partial charge in [-0.15, -0.1) is 0 Å². The Kier molecular flexibility index (Phi) is 4.79. The molecule has 8 nitrogen and oxygen atoms in total. The third-order valence-corrected chi connectivity index (χ3v) is 5.22. The maximum absolute atomic E-state index is 13.0. The number of carbonyl (C=O) groups excluding carboxylic acids is 1. The van der Waals surface area contributed by atoms with Crippen LogP contribution in [0.15, 0.2) is 30.7 Å². The number of hydrogen-bond donors (Lipinski definition) is 1. The van der Waals surface area contributed by atoms with Crippen LogP contribution in [0.2, 0.25) is 0 Å². The van der Waals surface area contributed by atoms with E-state index < -0.39 is 0 Å². The van der Waals surface area contributed by atoms with Crippen molar-refractivity contribution in [3.05, 3.63) is 42.4 Å². The second kappa shape index (κ2) is 7.38. The molecule has 0 aromatic carbocycles. The molecule has 0 bridgehead atoms. The first-order chi connectivity index (χ1) is 13.1. The summed E-state index contributed by atoms with van der Waals surface area (Å²) in [6, 6.07) is 3.91. The third-order valence-electron chi connectivity index (χ3n) is 5.22. The van der Waals surface area contributed by atoms with Crippen molar-refractivity contribution >= 4 is 17.4 Å². The molecule has 2 amide bonds. The summed E-state index contributed by atoms with van der Waals surface area (Å²) in [4.78, 5) is 23.7. The van der Waals surface area contributed by atoms with Crippen LogP contribution >= 0.6 is 0 Å². The average Bonchev–Trinajstić information content (AvgIpc) is 3.25. The van der Waals surface area contributed by atoms with E-state index in [-0.39, 0.29) is 12.1 Å². The highest BCUT2D eigenvalue weighted by atomic mass is 16.2. The Morgan fingerprint density at radius 2 is 2.19 bits per heavy atom. The highest BCUT2D eigenvalue weighted by Gasteiger charge is 2.27. The van der Waals surface area contributed by atoms with E-state index in [1.807, 2.05) is 49.5 Å². The van der Waals surface area contributed by atoms with Gasteiger partial charge < -0.3 is 14.8 Å². The summed E-state index contributed by atoms with van der Waals surface area (Å²) in [5, 5.41) is 7.35. The lowest BCUT2D eigenvalue weighted by atomic mass is 9.99. The van der Waals surface area contributed by atoms with Crippen LogP contribution in [0.5, 0.6) is 0 Å². The summed E-state index contributed by atoms with van der Waals surface area (Å²) in [6.07, 6.45) is 9.83. The Morgan fingerprint density at radius 3 is 3.00 bits per heavy atom. The first-order valence-electron chi connectivity index (χ1n) is 9.49. The second-order valence-corrected chi connectivity index (χ2v) is 7.08. The lowest BCUT2D eigenvalue weighted by Gasteiger charge is -2.36. The number of amides is 2. The predicted molar refractivity (Wildman–Crippen MR) is 103 cm³/mol. The molecule has 1 unspecified atom stereocenters. The molecule has 3 aromatic heterocycles. The van der Waals surface area contributed by atoms with E-state index in [1.54, 1.807) is 4.52 Å². The quantitative estimate of drug-likeness (QED) is 0.769. The van der Waals surface area contributed by atoms with Gasteiger partial charge in [-0.1, -0.05) is 0 Å². The van der Waals surface area contributed by atoms with Crippen molar-refractivity contribution in [1.82, 2.24) is 29.0 Å². The number of rotatable bonds is 4. The highest BCUT2D eigenvalue weighted by molar-refractivity contribution is 5.93. The first-order valence-corrected chi connectivity index (χ1v) is 9.49. The molecule has 4 rings (SSSR count). The number of imidazole rings is 1. The van der Waals surface area contributed by atoms with Crippen LogP contribution in [0.3, 0.4) is 0 Å². The number of aromatic nitrogens is 5. The minimum absolute atomic E-state index is 0.0594. The van der Waals surface area contributed by atoms with Crippen molar-refractivity contribution in [3.8, 4) is 0 Å². The van der Waals surface area contributed by atoms with Crippen LogP contribution in [-0.2, 0) is 6.54 Å². The van der Waals surface area contributed by atoms with Crippen LogP contribution in [0.1, 0.15) is 37.3 Å². The van der Waals surface area contributed by atoms with Crippen molar-refractivity contribution in [3.63, 3.8) is 0 Å². The van der Waals surface area contributed by atoms with Crippen LogP contribution in [0.25, 0.3) is 5.65 Å². The normalized spacial score (nSPS) is 17.4. The zero-order chi connectivity index (χ0) is 18.8. The van der Waals surface area contributed by atoms with Gasteiger partial charge in [-0.25, -0.2) is 19.3 Å². The lowest BCUT2D eigenvalue weighted by Crippen LogP contribution is -2.46. The standard InChI is InChI=1S/C19H25N7O/c1-14-21-18-17(7-5-11-26(18)23-14)22-19(27)25-10-4-3-6-16(25)8-12-24-13-9-20-15(24)2/h5,7,9,11,13,16H,3-4,6,8,10,12H2,1-2H3,(H,22,27). The molecule has 1 aliphatic rings. The average molecular weight is 367 g/mol. The number of nitrogens with one attached hydrogen (secondary N) is 1. The van der Waals surface area contributed by atoms with Crippen LogP contribution in [0, 0.1) is 13.8 Å². The van der Waals surface area contributed by atoms with Gasteiger partial charge in [0, 0.05) is 37.7 Å². The molecule has 4 heterocycles. The highest BCUT2D eigenvalue weighted by Crippen LogP contribution is 2.23. The molecule has 27 heavy (non-hydrogen) atoms. The zero-order valence-corrected chi connectivity index (χ0v) is 15.8. The molecule has 1 atom stereocenters. The number of likely N-dealkylation sites (tertiary alicyclic amines) is 1. The van der Waals surface area contributed by atoms with Gasteiger partial charge in [0.15, 0.2) is 5.65 Å². The zero-order valence-electron chi connectivity index (χ0n) is 15.8. The molecule has 1 saturated heterocycles. The number of aryl methyl sites for hydroxylation is 3. The molecule has 8 heteroatoms. The molecule has 0 aliphatic carbocycles. The molecule has 0 saturated carbocycles. The fourth-order valence-electron chi connectivity index (χ4n) is 3.79. The molecule has 0 radical (unpaired) electrons. The molecule has 1 aliphatic heterocycles. The summed E-state index contributed by atoms with van der Waals surface area (Å²) < 4.78 is 3.84. The van der Waals surface area contributed by atoms with Gasteiger partial charge >= 0.3 is 6.03 Å². The maximum atomic E-state index is 13.0. The number of urea groups is 1. The number of hydrogen-bond acceptors (Lipinski definition) is 4. The maximum Gasteiger partial charge on any atom is 0.322 e. The monoisotopic (exact) mass is 367 g/mol. The Bertz CT molecular complexity index is 945. The topological polar surface area (TPSA) is 80.4 Å². The van der Waals surface area contributed by atoms with Gasteiger partial charge in [0.2, 0.25) is 0 Å². The van der Waals surface area contributed by atoms with Gasteiger partial charge in [0.05, 0.1) is 5.69 Å². The lowest BCUT2D eigenvalue weighted by molar-refractivity contribution is 0.155. The molecule has 142 valence electrons. The molecular formula is C19H25N7O. The molecule has 0 spiro atoms. The molecule has 1 N–H and O–H groups in total. The van der Waals surface area contributed by atoms with Crippen molar-refractivity contribution in [2.24, 2.45) is 0 Å². The largest absolute Gasteiger partial charge is 0.335 e. The van der Waals surface area contributed by atoms with E-state index in [9.17, 15) is 4.79 Å². The van der Waals surface area contributed by atoms with Crippen molar-refractivity contribution < 1.29 is 4.79 Å². The van der Waals surface area contributed by atoms with Crippen molar-refractivity contribution in [1.29, 1.82) is 0 Å².